The average molecular weight is 397 g/mol. The SMILES string of the molecule is COc1cc(OC)c2[nH]c(C(=O)OCc3nc(-c4ccc(F)cc4)no3)cc2c1. The minimum absolute atomic E-state index is 0.119. The normalized spacial score (nSPS) is 10.9. The van der Waals surface area contributed by atoms with Crippen LogP contribution in [0.3, 0.4) is 0 Å². The maximum atomic E-state index is 13.0. The number of esters is 1. The highest BCUT2D eigenvalue weighted by Gasteiger charge is 2.17. The van der Waals surface area contributed by atoms with Crippen LogP contribution in [0, 0.1) is 5.82 Å². The molecule has 0 bridgehead atoms. The van der Waals surface area contributed by atoms with E-state index >= 15 is 0 Å². The summed E-state index contributed by atoms with van der Waals surface area (Å²) in [6.45, 7) is -0.206. The summed E-state index contributed by atoms with van der Waals surface area (Å²) in [6.07, 6.45) is 0. The van der Waals surface area contributed by atoms with Crippen molar-refractivity contribution in [2.75, 3.05) is 14.2 Å². The molecule has 0 spiro atoms. The van der Waals surface area contributed by atoms with Crippen LogP contribution in [0.1, 0.15) is 16.4 Å². The molecule has 1 N–H and O–H groups in total. The molecule has 4 rings (SSSR count). The van der Waals surface area contributed by atoms with Crippen LogP contribution in [0.2, 0.25) is 0 Å². The molecule has 0 aliphatic carbocycles. The zero-order valence-corrected chi connectivity index (χ0v) is 15.6. The number of H-pyrrole nitrogens is 1. The number of benzene rings is 2. The monoisotopic (exact) mass is 397 g/mol. The highest BCUT2D eigenvalue weighted by Crippen LogP contribution is 2.31. The molecule has 0 unspecified atom stereocenters. The first-order chi connectivity index (χ1) is 14.1. The molecule has 0 aliphatic heterocycles. The van der Waals surface area contributed by atoms with Crippen molar-refractivity contribution in [3.63, 3.8) is 0 Å². The Balaban J connectivity index is 1.48. The molecule has 0 amide bonds. The first kappa shape index (κ1) is 18.5. The second-order valence-electron chi connectivity index (χ2n) is 6.07. The second-order valence-corrected chi connectivity index (χ2v) is 6.07. The van der Waals surface area contributed by atoms with Gasteiger partial charge in [0.05, 0.1) is 19.7 Å². The summed E-state index contributed by atoms with van der Waals surface area (Å²) in [4.78, 5) is 19.5. The summed E-state index contributed by atoms with van der Waals surface area (Å²) in [5.41, 5.74) is 1.48. The number of aromatic amines is 1. The van der Waals surface area contributed by atoms with Gasteiger partial charge in [-0.2, -0.15) is 4.98 Å². The fourth-order valence-corrected chi connectivity index (χ4v) is 2.81. The molecule has 0 saturated heterocycles. The number of nitrogens with zero attached hydrogens (tertiary/aromatic N) is 2. The van der Waals surface area contributed by atoms with E-state index in [4.69, 9.17) is 18.7 Å². The van der Waals surface area contributed by atoms with E-state index in [9.17, 15) is 9.18 Å². The number of hydrogen-bond acceptors (Lipinski definition) is 7. The third-order valence-corrected chi connectivity index (χ3v) is 4.24. The van der Waals surface area contributed by atoms with Crippen molar-refractivity contribution in [3.8, 4) is 22.9 Å². The third kappa shape index (κ3) is 3.75. The summed E-state index contributed by atoms with van der Waals surface area (Å²) >= 11 is 0. The standard InChI is InChI=1S/C20H16FN3O5/c1-26-14-7-12-8-15(22-18(12)16(9-14)27-2)20(25)28-10-17-23-19(24-29-17)11-3-5-13(21)6-4-11/h3-9,22H,10H2,1-2H3. The van der Waals surface area contributed by atoms with Gasteiger partial charge in [0.1, 0.15) is 23.0 Å². The van der Waals surface area contributed by atoms with Crippen molar-refractivity contribution in [1.82, 2.24) is 15.1 Å². The zero-order chi connectivity index (χ0) is 20.4. The topological polar surface area (TPSA) is 99.5 Å². The summed E-state index contributed by atoms with van der Waals surface area (Å²) < 4.78 is 33.9. The average Bonchev–Trinajstić information content (AvgIpc) is 3.39. The lowest BCUT2D eigenvalue weighted by Crippen LogP contribution is -2.05. The van der Waals surface area contributed by atoms with Crippen LogP contribution in [0.5, 0.6) is 11.5 Å². The lowest BCUT2D eigenvalue weighted by Gasteiger charge is -2.05. The summed E-state index contributed by atoms with van der Waals surface area (Å²) in [6, 6.07) is 10.8. The maximum absolute atomic E-state index is 13.0. The molecule has 9 heteroatoms. The highest BCUT2D eigenvalue weighted by molar-refractivity contribution is 5.97. The molecule has 0 atom stereocenters. The molecule has 8 nitrogen and oxygen atoms in total. The van der Waals surface area contributed by atoms with Crippen LogP contribution in [0.25, 0.3) is 22.3 Å². The summed E-state index contributed by atoms with van der Waals surface area (Å²) in [5.74, 6) is 0.584. The Bertz CT molecular complexity index is 1170. The number of rotatable bonds is 6. The largest absolute Gasteiger partial charge is 0.497 e. The number of halogens is 1. The van der Waals surface area contributed by atoms with E-state index in [-0.39, 0.29) is 29.8 Å². The molecule has 0 aliphatic rings. The van der Waals surface area contributed by atoms with Crippen LogP contribution < -0.4 is 9.47 Å². The number of nitrogens with one attached hydrogen (secondary N) is 1. The highest BCUT2D eigenvalue weighted by atomic mass is 19.1. The third-order valence-electron chi connectivity index (χ3n) is 4.24. The van der Waals surface area contributed by atoms with Crippen molar-refractivity contribution in [1.29, 1.82) is 0 Å². The van der Waals surface area contributed by atoms with Crippen molar-refractivity contribution >= 4 is 16.9 Å². The van der Waals surface area contributed by atoms with Gasteiger partial charge in [-0.1, -0.05) is 5.16 Å². The molecule has 2 aromatic heterocycles. The van der Waals surface area contributed by atoms with Crippen molar-refractivity contribution in [2.24, 2.45) is 0 Å². The van der Waals surface area contributed by atoms with Gasteiger partial charge < -0.3 is 23.7 Å². The van der Waals surface area contributed by atoms with Crippen molar-refractivity contribution < 1.29 is 27.9 Å². The van der Waals surface area contributed by atoms with Gasteiger partial charge in [-0.25, -0.2) is 9.18 Å². The molecule has 29 heavy (non-hydrogen) atoms. The van der Waals surface area contributed by atoms with Gasteiger partial charge in [-0.3, -0.25) is 0 Å². The van der Waals surface area contributed by atoms with Gasteiger partial charge in [0.2, 0.25) is 5.82 Å². The fraction of sp³-hybridized carbons (Fsp3) is 0.150. The van der Waals surface area contributed by atoms with Crippen LogP contribution in [-0.4, -0.2) is 35.3 Å². The molecular weight excluding hydrogens is 381 g/mol. The van der Waals surface area contributed by atoms with Gasteiger partial charge in [0.15, 0.2) is 6.61 Å². The van der Waals surface area contributed by atoms with Crippen LogP contribution in [0.4, 0.5) is 4.39 Å². The lowest BCUT2D eigenvalue weighted by atomic mass is 10.2. The summed E-state index contributed by atoms with van der Waals surface area (Å²) in [7, 11) is 3.08. The molecule has 0 fully saturated rings. The van der Waals surface area contributed by atoms with Gasteiger partial charge in [-0.15, -0.1) is 0 Å². The molecule has 2 aromatic carbocycles. The number of hydrogen-bond donors (Lipinski definition) is 1. The quantitative estimate of drug-likeness (QED) is 0.495. The van der Waals surface area contributed by atoms with Crippen molar-refractivity contribution in [2.45, 2.75) is 6.61 Å². The predicted molar refractivity (Wildman–Crippen MR) is 100 cm³/mol. The first-order valence-corrected chi connectivity index (χ1v) is 8.58. The Kier molecular flexibility index (Phi) is 4.86. The first-order valence-electron chi connectivity index (χ1n) is 8.58. The maximum Gasteiger partial charge on any atom is 0.355 e. The number of fused-ring (bicyclic) bond motifs is 1. The Labute approximate surface area is 164 Å². The van der Waals surface area contributed by atoms with E-state index in [2.05, 4.69) is 15.1 Å². The van der Waals surface area contributed by atoms with Gasteiger partial charge in [0.25, 0.3) is 5.89 Å². The molecule has 4 aromatic rings. The summed E-state index contributed by atoms with van der Waals surface area (Å²) in [5, 5.41) is 4.55. The molecule has 2 heterocycles. The minimum atomic E-state index is -0.594. The smallest absolute Gasteiger partial charge is 0.355 e. The Morgan fingerprint density at radius 2 is 1.93 bits per heavy atom. The second kappa shape index (κ2) is 7.63. The van der Waals surface area contributed by atoms with Crippen LogP contribution in [0.15, 0.2) is 47.0 Å². The Morgan fingerprint density at radius 3 is 2.66 bits per heavy atom. The van der Waals surface area contributed by atoms with Crippen molar-refractivity contribution in [3.05, 3.63) is 59.9 Å². The Hall–Kier alpha value is -3.88. The van der Waals surface area contributed by atoms with E-state index in [0.29, 0.717) is 22.6 Å². The number of aromatic nitrogens is 3. The molecule has 0 saturated carbocycles. The fourth-order valence-electron chi connectivity index (χ4n) is 2.81. The van der Waals surface area contributed by atoms with Gasteiger partial charge in [-0.05, 0) is 36.4 Å². The van der Waals surface area contributed by atoms with Gasteiger partial charge in [0, 0.05) is 17.0 Å². The van der Waals surface area contributed by atoms with Crippen LogP contribution in [-0.2, 0) is 11.3 Å². The number of ether oxygens (including phenoxy) is 3. The van der Waals surface area contributed by atoms with E-state index in [0.717, 1.165) is 5.39 Å². The number of carbonyl (C=O) groups excluding carboxylic acids is 1. The number of methoxy groups -OCH3 is 2. The molecular formula is C20H16FN3O5. The van der Waals surface area contributed by atoms with E-state index in [1.54, 1.807) is 25.3 Å². The van der Waals surface area contributed by atoms with E-state index in [1.165, 1.54) is 31.4 Å². The van der Waals surface area contributed by atoms with Crippen LogP contribution >= 0.6 is 0 Å². The minimum Gasteiger partial charge on any atom is -0.497 e. The zero-order valence-electron chi connectivity index (χ0n) is 15.6. The molecule has 148 valence electrons. The van der Waals surface area contributed by atoms with E-state index < -0.39 is 5.97 Å². The lowest BCUT2D eigenvalue weighted by molar-refractivity contribution is 0.0424. The number of carbonyl (C=O) groups is 1. The molecule has 0 radical (unpaired) electrons. The van der Waals surface area contributed by atoms with E-state index in [1.807, 2.05) is 0 Å². The Morgan fingerprint density at radius 1 is 1.14 bits per heavy atom. The van der Waals surface area contributed by atoms with Gasteiger partial charge >= 0.3 is 5.97 Å². The predicted octanol–water partition coefficient (Wildman–Crippen LogP) is 3.73.